The molecule has 5 heteroatoms. The van der Waals surface area contributed by atoms with Gasteiger partial charge in [0.15, 0.2) is 0 Å². The fraction of sp³-hybridized carbons (Fsp3) is 0.458. The predicted octanol–water partition coefficient (Wildman–Crippen LogP) is 3.07. The zero-order valence-electron chi connectivity index (χ0n) is 17.9. The first-order valence-electron chi connectivity index (χ1n) is 10.4. The lowest BCUT2D eigenvalue weighted by Gasteiger charge is -2.35. The van der Waals surface area contributed by atoms with Crippen LogP contribution in [0.1, 0.15) is 24.1 Å². The van der Waals surface area contributed by atoms with Crippen LogP contribution in [0.25, 0.3) is 0 Å². The molecule has 1 fully saturated rings. The van der Waals surface area contributed by atoms with Gasteiger partial charge in [0, 0.05) is 39.8 Å². The summed E-state index contributed by atoms with van der Waals surface area (Å²) >= 11 is 0. The summed E-state index contributed by atoms with van der Waals surface area (Å²) in [5.41, 5.74) is 2.51. The van der Waals surface area contributed by atoms with Crippen LogP contribution in [0, 0.1) is 0 Å². The van der Waals surface area contributed by atoms with E-state index in [4.69, 9.17) is 4.74 Å². The van der Waals surface area contributed by atoms with Gasteiger partial charge >= 0.3 is 0 Å². The van der Waals surface area contributed by atoms with Crippen molar-refractivity contribution >= 4 is 5.91 Å². The van der Waals surface area contributed by atoms with Crippen LogP contribution < -0.4 is 4.74 Å². The van der Waals surface area contributed by atoms with E-state index in [-0.39, 0.29) is 11.9 Å². The number of amides is 1. The number of nitrogens with zero attached hydrogens (tertiary/aromatic N) is 3. The normalized spacial score (nSPS) is 16.4. The van der Waals surface area contributed by atoms with Crippen LogP contribution in [0.5, 0.6) is 5.75 Å². The molecule has 0 bridgehead atoms. The van der Waals surface area contributed by atoms with Crippen molar-refractivity contribution in [1.29, 1.82) is 0 Å². The van der Waals surface area contributed by atoms with Crippen molar-refractivity contribution in [3.63, 3.8) is 0 Å². The molecule has 5 nitrogen and oxygen atoms in total. The minimum absolute atomic E-state index is 0.0921. The van der Waals surface area contributed by atoms with E-state index < -0.39 is 0 Å². The number of piperazine rings is 1. The first kappa shape index (κ1) is 21.3. The summed E-state index contributed by atoms with van der Waals surface area (Å²) in [4.78, 5) is 19.4. The van der Waals surface area contributed by atoms with Gasteiger partial charge in [-0.3, -0.25) is 9.69 Å². The van der Waals surface area contributed by atoms with Crippen molar-refractivity contribution in [1.82, 2.24) is 14.7 Å². The van der Waals surface area contributed by atoms with Crippen molar-refractivity contribution in [2.75, 3.05) is 53.4 Å². The number of methoxy groups -OCH3 is 1. The summed E-state index contributed by atoms with van der Waals surface area (Å²) in [5, 5.41) is 0. The molecule has 1 aliphatic rings. The fourth-order valence-electron chi connectivity index (χ4n) is 3.72. The van der Waals surface area contributed by atoms with E-state index in [0.717, 1.165) is 44.9 Å². The van der Waals surface area contributed by atoms with Crippen molar-refractivity contribution in [3.8, 4) is 5.75 Å². The van der Waals surface area contributed by atoms with Gasteiger partial charge in [0.05, 0.1) is 19.7 Å². The van der Waals surface area contributed by atoms with Crippen molar-refractivity contribution in [2.45, 2.75) is 19.4 Å². The maximum atomic E-state index is 12.7. The molecule has 0 aromatic heterocycles. The zero-order valence-corrected chi connectivity index (χ0v) is 17.9. The lowest BCUT2D eigenvalue weighted by molar-refractivity contribution is -0.133. The Morgan fingerprint density at radius 1 is 1.00 bits per heavy atom. The molecule has 1 aliphatic heterocycles. The van der Waals surface area contributed by atoms with Crippen molar-refractivity contribution < 1.29 is 9.53 Å². The van der Waals surface area contributed by atoms with E-state index in [1.54, 1.807) is 7.11 Å². The highest BCUT2D eigenvalue weighted by molar-refractivity contribution is 5.78. The second-order valence-corrected chi connectivity index (χ2v) is 7.81. The molecular weight excluding hydrogens is 362 g/mol. The zero-order chi connectivity index (χ0) is 20.6. The summed E-state index contributed by atoms with van der Waals surface area (Å²) < 4.78 is 5.22. The Morgan fingerprint density at radius 3 is 2.24 bits per heavy atom. The Hall–Kier alpha value is -2.37. The third-order valence-corrected chi connectivity index (χ3v) is 5.96. The van der Waals surface area contributed by atoms with Crippen LogP contribution in [-0.2, 0) is 11.2 Å². The quantitative estimate of drug-likeness (QED) is 0.688. The third-order valence-electron chi connectivity index (χ3n) is 5.96. The van der Waals surface area contributed by atoms with Gasteiger partial charge in [-0.05, 0) is 36.6 Å². The highest BCUT2D eigenvalue weighted by Gasteiger charge is 2.22. The van der Waals surface area contributed by atoms with Crippen molar-refractivity contribution in [3.05, 3.63) is 65.7 Å². The lowest BCUT2D eigenvalue weighted by atomic mass is 10.1. The lowest BCUT2D eigenvalue weighted by Crippen LogP contribution is -2.50. The van der Waals surface area contributed by atoms with Crippen LogP contribution >= 0.6 is 0 Å². The Bertz CT molecular complexity index is 755. The second-order valence-electron chi connectivity index (χ2n) is 7.81. The monoisotopic (exact) mass is 395 g/mol. The SMILES string of the molecule is COc1ccc(CCN2CCN(CC(=O)N(C)C(C)c3ccccc3)CC2)cc1. The van der Waals surface area contributed by atoms with Crippen molar-refractivity contribution in [2.24, 2.45) is 0 Å². The number of carbonyl (C=O) groups excluding carboxylic acids is 1. The van der Waals surface area contributed by atoms with E-state index >= 15 is 0 Å². The average Bonchev–Trinajstić information content (AvgIpc) is 2.78. The van der Waals surface area contributed by atoms with E-state index in [1.807, 2.05) is 42.3 Å². The van der Waals surface area contributed by atoms with Gasteiger partial charge in [0.2, 0.25) is 5.91 Å². The molecule has 3 rings (SSSR count). The van der Waals surface area contributed by atoms with Crippen LogP contribution in [0.2, 0.25) is 0 Å². The van der Waals surface area contributed by atoms with Gasteiger partial charge in [-0.1, -0.05) is 42.5 Å². The number of carbonyl (C=O) groups is 1. The first-order chi connectivity index (χ1) is 14.1. The first-order valence-corrected chi connectivity index (χ1v) is 10.4. The number of rotatable bonds is 8. The molecule has 156 valence electrons. The van der Waals surface area contributed by atoms with E-state index in [1.165, 1.54) is 11.1 Å². The molecule has 0 saturated carbocycles. The fourth-order valence-corrected chi connectivity index (χ4v) is 3.72. The molecule has 2 aromatic rings. The maximum Gasteiger partial charge on any atom is 0.236 e. The van der Waals surface area contributed by atoms with E-state index in [9.17, 15) is 4.79 Å². The van der Waals surface area contributed by atoms with Crippen LogP contribution in [0.3, 0.4) is 0 Å². The van der Waals surface area contributed by atoms with Gasteiger partial charge in [-0.25, -0.2) is 0 Å². The Balaban J connectivity index is 1.40. The summed E-state index contributed by atoms with van der Waals surface area (Å²) in [5.74, 6) is 1.09. The van der Waals surface area contributed by atoms with Gasteiger partial charge in [-0.15, -0.1) is 0 Å². The molecular formula is C24H33N3O2. The molecule has 29 heavy (non-hydrogen) atoms. The third kappa shape index (κ3) is 6.05. The van der Waals surface area contributed by atoms with E-state index in [0.29, 0.717) is 6.54 Å². The van der Waals surface area contributed by atoms with Crippen LogP contribution in [0.15, 0.2) is 54.6 Å². The summed E-state index contributed by atoms with van der Waals surface area (Å²) in [6, 6.07) is 18.6. The Kier molecular flexibility index (Phi) is 7.67. The minimum atomic E-state index is 0.0921. The number of benzene rings is 2. The molecule has 0 radical (unpaired) electrons. The molecule has 0 N–H and O–H groups in total. The summed E-state index contributed by atoms with van der Waals surface area (Å²) in [6.45, 7) is 7.57. The van der Waals surface area contributed by atoms with Gasteiger partial charge in [0.1, 0.15) is 5.75 Å². The molecule has 0 spiro atoms. The molecule has 1 unspecified atom stereocenters. The smallest absolute Gasteiger partial charge is 0.236 e. The number of likely N-dealkylation sites (N-methyl/N-ethyl adjacent to an activating group) is 1. The molecule has 1 heterocycles. The Labute approximate surface area is 174 Å². The predicted molar refractivity (Wildman–Crippen MR) is 117 cm³/mol. The number of ether oxygens (including phenoxy) is 1. The van der Waals surface area contributed by atoms with Crippen LogP contribution in [0.4, 0.5) is 0 Å². The standard InChI is InChI=1S/C24H33N3O2/c1-20(22-7-5-4-6-8-22)25(2)24(28)19-27-17-15-26(16-18-27)14-13-21-9-11-23(29-3)12-10-21/h4-12,20H,13-19H2,1-3H3. The topological polar surface area (TPSA) is 36.0 Å². The van der Waals surface area contributed by atoms with Gasteiger partial charge in [-0.2, -0.15) is 0 Å². The summed E-state index contributed by atoms with van der Waals surface area (Å²) in [6.07, 6.45) is 1.04. The van der Waals surface area contributed by atoms with Crippen LogP contribution in [-0.4, -0.2) is 74.0 Å². The molecule has 1 atom stereocenters. The number of hydrogen-bond acceptors (Lipinski definition) is 4. The molecule has 2 aromatic carbocycles. The number of hydrogen-bond donors (Lipinski definition) is 0. The van der Waals surface area contributed by atoms with Gasteiger partial charge < -0.3 is 14.5 Å². The van der Waals surface area contributed by atoms with E-state index in [2.05, 4.69) is 41.0 Å². The maximum absolute atomic E-state index is 12.7. The minimum Gasteiger partial charge on any atom is -0.497 e. The van der Waals surface area contributed by atoms with Gasteiger partial charge in [0.25, 0.3) is 0 Å². The average molecular weight is 396 g/mol. The highest BCUT2D eigenvalue weighted by atomic mass is 16.5. The Morgan fingerprint density at radius 2 is 1.62 bits per heavy atom. The molecule has 0 aliphatic carbocycles. The summed E-state index contributed by atoms with van der Waals surface area (Å²) in [7, 11) is 3.60. The molecule has 1 amide bonds. The highest BCUT2D eigenvalue weighted by Crippen LogP contribution is 2.18. The second kappa shape index (κ2) is 10.4. The molecule has 1 saturated heterocycles. The largest absolute Gasteiger partial charge is 0.497 e.